The predicted octanol–water partition coefficient (Wildman–Crippen LogP) is 4.28. The van der Waals surface area contributed by atoms with E-state index in [1.54, 1.807) is 0 Å². The summed E-state index contributed by atoms with van der Waals surface area (Å²) >= 11 is 0. The fourth-order valence-corrected chi connectivity index (χ4v) is 2.85. The molecular formula is C19H20N2O. The van der Waals surface area contributed by atoms with Crippen LogP contribution in [0.3, 0.4) is 0 Å². The third-order valence-corrected chi connectivity index (χ3v) is 3.89. The number of para-hydroxylation sites is 2. The molecule has 0 radical (unpaired) electrons. The van der Waals surface area contributed by atoms with Gasteiger partial charge in [0.2, 0.25) is 5.91 Å². The Bertz CT molecular complexity index is 706. The van der Waals surface area contributed by atoms with Crippen molar-refractivity contribution in [1.82, 2.24) is 0 Å². The van der Waals surface area contributed by atoms with E-state index in [9.17, 15) is 4.79 Å². The van der Waals surface area contributed by atoms with Crippen molar-refractivity contribution in [1.29, 1.82) is 0 Å². The number of amides is 1. The molecule has 3 heteroatoms. The molecule has 1 aliphatic rings. The predicted molar refractivity (Wildman–Crippen MR) is 91.7 cm³/mol. The van der Waals surface area contributed by atoms with Gasteiger partial charge in [-0.3, -0.25) is 4.79 Å². The molecule has 2 aromatic rings. The minimum atomic E-state index is 0.0357. The molecule has 0 saturated heterocycles. The van der Waals surface area contributed by atoms with E-state index in [1.165, 1.54) is 0 Å². The van der Waals surface area contributed by atoms with Crippen LogP contribution in [0.25, 0.3) is 5.70 Å². The van der Waals surface area contributed by atoms with Gasteiger partial charge in [-0.1, -0.05) is 43.3 Å². The van der Waals surface area contributed by atoms with E-state index in [4.69, 9.17) is 0 Å². The number of rotatable bonds is 3. The zero-order valence-corrected chi connectivity index (χ0v) is 12.9. The molecular weight excluding hydrogens is 272 g/mol. The molecule has 0 bridgehead atoms. The standard InChI is InChI=1S/C19H20N2O/c1-3-19(22)21-14(2)13-17(16-11-7-8-12-18(16)21)20-15-9-5-4-6-10-15/h4-14,20H,3H2,1-2H3. The lowest BCUT2D eigenvalue weighted by Crippen LogP contribution is -2.40. The van der Waals surface area contributed by atoms with Crippen molar-refractivity contribution in [2.75, 3.05) is 10.2 Å². The zero-order chi connectivity index (χ0) is 15.5. The maximum Gasteiger partial charge on any atom is 0.227 e. The van der Waals surface area contributed by atoms with Gasteiger partial charge in [0.1, 0.15) is 0 Å². The Morgan fingerprint density at radius 1 is 1.09 bits per heavy atom. The van der Waals surface area contributed by atoms with Gasteiger partial charge in [-0.15, -0.1) is 0 Å². The van der Waals surface area contributed by atoms with Gasteiger partial charge in [-0.2, -0.15) is 0 Å². The molecule has 3 nitrogen and oxygen atoms in total. The smallest absolute Gasteiger partial charge is 0.227 e. The van der Waals surface area contributed by atoms with Crippen molar-refractivity contribution in [3.8, 4) is 0 Å². The lowest BCUT2D eigenvalue weighted by Gasteiger charge is -2.34. The summed E-state index contributed by atoms with van der Waals surface area (Å²) in [7, 11) is 0. The van der Waals surface area contributed by atoms with Gasteiger partial charge in [-0.05, 0) is 31.2 Å². The van der Waals surface area contributed by atoms with Crippen LogP contribution in [0.15, 0.2) is 60.7 Å². The third kappa shape index (κ3) is 2.62. The van der Waals surface area contributed by atoms with E-state index >= 15 is 0 Å². The molecule has 1 unspecified atom stereocenters. The third-order valence-electron chi connectivity index (χ3n) is 3.89. The first kappa shape index (κ1) is 14.4. The van der Waals surface area contributed by atoms with Gasteiger partial charge in [0.05, 0.1) is 11.7 Å². The van der Waals surface area contributed by atoms with Crippen molar-refractivity contribution >= 4 is 23.0 Å². The molecule has 1 amide bonds. The SMILES string of the molecule is CCC(=O)N1c2ccccc2C(Nc2ccccc2)=CC1C. The van der Waals surface area contributed by atoms with Crippen LogP contribution in [0.1, 0.15) is 25.8 Å². The quantitative estimate of drug-likeness (QED) is 0.915. The molecule has 1 N–H and O–H groups in total. The molecule has 2 aromatic carbocycles. The van der Waals surface area contributed by atoms with Gasteiger partial charge in [0.25, 0.3) is 0 Å². The molecule has 0 saturated carbocycles. The highest BCUT2D eigenvalue weighted by molar-refractivity contribution is 6.00. The number of anilines is 2. The van der Waals surface area contributed by atoms with Crippen LogP contribution in [0, 0.1) is 0 Å². The minimum Gasteiger partial charge on any atom is -0.355 e. The van der Waals surface area contributed by atoms with Crippen molar-refractivity contribution in [3.05, 3.63) is 66.2 Å². The number of nitrogens with zero attached hydrogens (tertiary/aromatic N) is 1. The first-order valence-corrected chi connectivity index (χ1v) is 7.66. The molecule has 112 valence electrons. The second-order valence-electron chi connectivity index (χ2n) is 5.45. The molecule has 0 spiro atoms. The summed E-state index contributed by atoms with van der Waals surface area (Å²) in [5.74, 6) is 0.148. The average Bonchev–Trinajstić information content (AvgIpc) is 2.55. The Morgan fingerprint density at radius 3 is 2.50 bits per heavy atom. The van der Waals surface area contributed by atoms with Gasteiger partial charge < -0.3 is 10.2 Å². The van der Waals surface area contributed by atoms with Crippen molar-refractivity contribution in [2.24, 2.45) is 0 Å². The van der Waals surface area contributed by atoms with Gasteiger partial charge >= 0.3 is 0 Å². The van der Waals surface area contributed by atoms with E-state index in [1.807, 2.05) is 60.4 Å². The summed E-state index contributed by atoms with van der Waals surface area (Å²) in [6, 6.07) is 18.2. The first-order chi connectivity index (χ1) is 10.7. The van der Waals surface area contributed by atoms with E-state index < -0.39 is 0 Å². The Labute approximate surface area is 131 Å². The molecule has 1 aliphatic heterocycles. The van der Waals surface area contributed by atoms with E-state index in [0.29, 0.717) is 6.42 Å². The zero-order valence-electron chi connectivity index (χ0n) is 12.9. The van der Waals surface area contributed by atoms with E-state index in [-0.39, 0.29) is 11.9 Å². The van der Waals surface area contributed by atoms with Gasteiger partial charge in [0, 0.05) is 23.4 Å². The fourth-order valence-electron chi connectivity index (χ4n) is 2.85. The lowest BCUT2D eigenvalue weighted by molar-refractivity contribution is -0.118. The summed E-state index contributed by atoms with van der Waals surface area (Å²) in [5.41, 5.74) is 4.13. The molecule has 0 fully saturated rings. The van der Waals surface area contributed by atoms with Crippen LogP contribution in [0.2, 0.25) is 0 Å². The first-order valence-electron chi connectivity index (χ1n) is 7.66. The molecule has 1 atom stereocenters. The Kier molecular flexibility index (Phi) is 3.96. The maximum atomic E-state index is 12.3. The van der Waals surface area contributed by atoms with Crippen molar-refractivity contribution in [2.45, 2.75) is 26.3 Å². The van der Waals surface area contributed by atoms with Gasteiger partial charge in [0.15, 0.2) is 0 Å². The average molecular weight is 292 g/mol. The number of hydrogen-bond acceptors (Lipinski definition) is 2. The van der Waals surface area contributed by atoms with E-state index in [2.05, 4.69) is 24.4 Å². The van der Waals surface area contributed by atoms with Crippen LogP contribution in [-0.2, 0) is 4.79 Å². The topological polar surface area (TPSA) is 32.3 Å². The molecule has 0 aromatic heterocycles. The molecule has 22 heavy (non-hydrogen) atoms. The monoisotopic (exact) mass is 292 g/mol. The van der Waals surface area contributed by atoms with Crippen LogP contribution in [0.4, 0.5) is 11.4 Å². The highest BCUT2D eigenvalue weighted by Crippen LogP contribution is 2.34. The van der Waals surface area contributed by atoms with Crippen LogP contribution >= 0.6 is 0 Å². The Balaban J connectivity index is 2.01. The summed E-state index contributed by atoms with van der Waals surface area (Å²) < 4.78 is 0. The summed E-state index contributed by atoms with van der Waals surface area (Å²) in [5, 5.41) is 3.47. The lowest BCUT2D eigenvalue weighted by atomic mass is 9.99. The second kappa shape index (κ2) is 6.06. The molecule has 0 aliphatic carbocycles. The molecule has 3 rings (SSSR count). The number of carbonyl (C=O) groups is 1. The Hall–Kier alpha value is -2.55. The number of carbonyl (C=O) groups excluding carboxylic acids is 1. The highest BCUT2D eigenvalue weighted by Gasteiger charge is 2.27. The largest absolute Gasteiger partial charge is 0.355 e. The van der Waals surface area contributed by atoms with Crippen LogP contribution in [0.5, 0.6) is 0 Å². The van der Waals surface area contributed by atoms with Crippen LogP contribution in [-0.4, -0.2) is 11.9 Å². The summed E-state index contributed by atoms with van der Waals surface area (Å²) in [6.07, 6.45) is 2.62. The van der Waals surface area contributed by atoms with Crippen molar-refractivity contribution < 1.29 is 4.79 Å². The number of hydrogen-bond donors (Lipinski definition) is 1. The second-order valence-corrected chi connectivity index (χ2v) is 5.45. The fraction of sp³-hybridized carbons (Fsp3) is 0.211. The maximum absolute atomic E-state index is 12.3. The normalized spacial score (nSPS) is 16.7. The number of fused-ring (bicyclic) bond motifs is 1. The number of nitrogens with one attached hydrogen (secondary N) is 1. The molecule has 1 heterocycles. The number of benzene rings is 2. The van der Waals surface area contributed by atoms with Gasteiger partial charge in [-0.25, -0.2) is 0 Å². The minimum absolute atomic E-state index is 0.0357. The van der Waals surface area contributed by atoms with E-state index in [0.717, 1.165) is 22.6 Å². The summed E-state index contributed by atoms with van der Waals surface area (Å²) in [6.45, 7) is 3.95. The Morgan fingerprint density at radius 2 is 1.77 bits per heavy atom. The van der Waals surface area contributed by atoms with Crippen molar-refractivity contribution in [3.63, 3.8) is 0 Å². The highest BCUT2D eigenvalue weighted by atomic mass is 16.2. The van der Waals surface area contributed by atoms with Crippen LogP contribution < -0.4 is 10.2 Å². The summed E-state index contributed by atoms with van der Waals surface area (Å²) in [4.78, 5) is 14.2.